The maximum absolute atomic E-state index is 6.31. The molecule has 1 nitrogen and oxygen atoms in total. The number of rotatable bonds is 5. The van der Waals surface area contributed by atoms with Crippen molar-refractivity contribution in [3.05, 3.63) is 113 Å². The third-order valence-electron chi connectivity index (χ3n) is 6.32. The molecule has 0 N–H and O–H groups in total. The second-order valence-corrected chi connectivity index (χ2v) is 9.08. The average molecular weight is 426 g/mol. The lowest BCUT2D eigenvalue weighted by Crippen LogP contribution is -2.20. The van der Waals surface area contributed by atoms with E-state index in [0.29, 0.717) is 0 Å². The predicted octanol–water partition coefficient (Wildman–Crippen LogP) is 8.35. The number of aromatic nitrogens is 1. The van der Waals surface area contributed by atoms with Crippen LogP contribution in [0.1, 0.15) is 30.5 Å². The lowest BCUT2D eigenvalue weighted by atomic mass is 9.76. The summed E-state index contributed by atoms with van der Waals surface area (Å²) in [5.41, 5.74) is 8.09. The Kier molecular flexibility index (Phi) is 5.64. The van der Waals surface area contributed by atoms with Crippen LogP contribution in [-0.4, -0.2) is 4.57 Å². The average Bonchev–Trinajstić information content (AvgIpc) is 3.06. The molecule has 0 radical (unpaired) electrons. The Morgan fingerprint density at radius 3 is 2.39 bits per heavy atom. The number of aryl methyl sites for hydroxylation is 2. The number of fused-ring (bicyclic) bond motifs is 1. The number of hydrogen-bond acceptors (Lipinski definition) is 0. The molecule has 0 saturated carbocycles. The monoisotopic (exact) mass is 425 g/mol. The minimum absolute atomic E-state index is 0.233. The minimum Gasteiger partial charge on any atom is -0.343 e. The van der Waals surface area contributed by atoms with E-state index < -0.39 is 0 Å². The lowest BCUT2D eigenvalue weighted by molar-refractivity contribution is 0.637. The van der Waals surface area contributed by atoms with Gasteiger partial charge < -0.3 is 4.57 Å². The Morgan fingerprint density at radius 2 is 1.65 bits per heavy atom. The first kappa shape index (κ1) is 21.2. The molecule has 0 bridgehead atoms. The molecule has 4 rings (SSSR count). The van der Waals surface area contributed by atoms with E-state index >= 15 is 0 Å². The molecule has 0 spiro atoms. The van der Waals surface area contributed by atoms with Gasteiger partial charge in [-0.15, -0.1) is 0 Å². The molecule has 2 heteroatoms. The second kappa shape index (κ2) is 8.24. The normalized spacial score (nSPS) is 12.0. The SMILES string of the molecule is C=C(/C=C/c1c(-c2ccccc2)n(C)c2ccccc12)C(C)(C)c1cc(Cl)ccc1C. The van der Waals surface area contributed by atoms with Crippen molar-refractivity contribution in [1.82, 2.24) is 4.57 Å². The minimum atomic E-state index is -0.233. The van der Waals surface area contributed by atoms with E-state index in [1.807, 2.05) is 6.07 Å². The molecule has 0 fully saturated rings. The molecule has 1 heterocycles. The fourth-order valence-corrected chi connectivity index (χ4v) is 4.54. The number of benzene rings is 3. The maximum atomic E-state index is 6.31. The molecule has 1 aromatic heterocycles. The van der Waals surface area contributed by atoms with Gasteiger partial charge in [-0.1, -0.05) is 98.8 Å². The molecule has 0 amide bonds. The van der Waals surface area contributed by atoms with Crippen molar-refractivity contribution < 1.29 is 0 Å². The topological polar surface area (TPSA) is 4.93 Å². The van der Waals surface area contributed by atoms with E-state index in [4.69, 9.17) is 11.6 Å². The Labute approximate surface area is 190 Å². The van der Waals surface area contributed by atoms with Gasteiger partial charge in [-0.2, -0.15) is 0 Å². The van der Waals surface area contributed by atoms with E-state index in [0.717, 1.165) is 10.6 Å². The van der Waals surface area contributed by atoms with Crippen LogP contribution in [-0.2, 0) is 12.5 Å². The predicted molar refractivity (Wildman–Crippen MR) is 136 cm³/mol. The Bertz CT molecular complexity index is 1290. The largest absolute Gasteiger partial charge is 0.343 e. The van der Waals surface area contributed by atoms with Crippen LogP contribution in [0.25, 0.3) is 28.2 Å². The van der Waals surface area contributed by atoms with Crippen molar-refractivity contribution >= 4 is 28.6 Å². The highest BCUT2D eigenvalue weighted by Gasteiger charge is 2.25. The molecule has 0 aliphatic heterocycles. The standard InChI is InChI=1S/C29H28ClN/c1-20-15-17-23(30)19-26(20)29(3,4)21(2)16-18-25-24-13-9-10-14-27(24)31(5)28(25)22-11-7-6-8-12-22/h6-19H,2H2,1,3-5H3/b18-16+. The quantitative estimate of drug-likeness (QED) is 0.283. The Hall–Kier alpha value is -3.03. The summed E-state index contributed by atoms with van der Waals surface area (Å²) in [5, 5.41) is 2.00. The zero-order chi connectivity index (χ0) is 22.2. The smallest absolute Gasteiger partial charge is 0.0562 e. The van der Waals surface area contributed by atoms with Gasteiger partial charge in [-0.25, -0.2) is 0 Å². The summed E-state index contributed by atoms with van der Waals surface area (Å²) in [7, 11) is 2.14. The number of nitrogens with zero attached hydrogens (tertiary/aromatic N) is 1. The van der Waals surface area contributed by atoms with Gasteiger partial charge in [0.1, 0.15) is 0 Å². The second-order valence-electron chi connectivity index (χ2n) is 8.65. The van der Waals surface area contributed by atoms with Gasteiger partial charge in [-0.3, -0.25) is 0 Å². The summed E-state index contributed by atoms with van der Waals surface area (Å²) in [6, 6.07) is 25.2. The van der Waals surface area contributed by atoms with Crippen LogP contribution in [0.4, 0.5) is 0 Å². The highest BCUT2D eigenvalue weighted by Crippen LogP contribution is 2.37. The first-order chi connectivity index (χ1) is 14.8. The third kappa shape index (κ3) is 3.86. The van der Waals surface area contributed by atoms with Crippen molar-refractivity contribution in [3.63, 3.8) is 0 Å². The highest BCUT2D eigenvalue weighted by molar-refractivity contribution is 6.30. The van der Waals surface area contributed by atoms with Crippen molar-refractivity contribution in [2.24, 2.45) is 7.05 Å². The summed E-state index contributed by atoms with van der Waals surface area (Å²) >= 11 is 6.31. The van der Waals surface area contributed by atoms with Crippen molar-refractivity contribution in [1.29, 1.82) is 0 Å². The molecular formula is C29H28ClN. The number of halogens is 1. The van der Waals surface area contributed by atoms with Crippen molar-refractivity contribution in [2.75, 3.05) is 0 Å². The Balaban J connectivity index is 1.81. The number of hydrogen-bond donors (Lipinski definition) is 0. The third-order valence-corrected chi connectivity index (χ3v) is 6.56. The zero-order valence-electron chi connectivity index (χ0n) is 18.6. The molecule has 0 atom stereocenters. The van der Waals surface area contributed by atoms with E-state index in [1.54, 1.807) is 0 Å². The zero-order valence-corrected chi connectivity index (χ0v) is 19.4. The first-order valence-corrected chi connectivity index (χ1v) is 11.0. The highest BCUT2D eigenvalue weighted by atomic mass is 35.5. The Morgan fingerprint density at radius 1 is 0.968 bits per heavy atom. The summed E-state index contributed by atoms with van der Waals surface area (Å²) in [6.45, 7) is 11.0. The summed E-state index contributed by atoms with van der Waals surface area (Å²) < 4.78 is 2.28. The summed E-state index contributed by atoms with van der Waals surface area (Å²) in [5.74, 6) is 0. The molecule has 0 saturated heterocycles. The first-order valence-electron chi connectivity index (χ1n) is 10.6. The molecule has 156 valence electrons. The van der Waals surface area contributed by atoms with E-state index in [2.05, 4.69) is 118 Å². The van der Waals surface area contributed by atoms with E-state index in [9.17, 15) is 0 Å². The molecule has 0 aliphatic carbocycles. The molecule has 31 heavy (non-hydrogen) atoms. The van der Waals surface area contributed by atoms with Crippen molar-refractivity contribution in [2.45, 2.75) is 26.2 Å². The van der Waals surface area contributed by atoms with E-state index in [1.165, 1.54) is 38.9 Å². The molecule has 0 aliphatic rings. The van der Waals surface area contributed by atoms with Crippen LogP contribution in [0.2, 0.25) is 5.02 Å². The van der Waals surface area contributed by atoms with Crippen LogP contribution in [0.3, 0.4) is 0 Å². The van der Waals surface area contributed by atoms with Gasteiger partial charge >= 0.3 is 0 Å². The molecular weight excluding hydrogens is 398 g/mol. The van der Waals surface area contributed by atoms with Crippen LogP contribution >= 0.6 is 11.6 Å². The number of para-hydroxylation sites is 1. The van der Waals surface area contributed by atoms with Crippen LogP contribution in [0, 0.1) is 6.92 Å². The van der Waals surface area contributed by atoms with Gasteiger partial charge in [0, 0.05) is 34.0 Å². The van der Waals surface area contributed by atoms with Gasteiger partial charge in [0.2, 0.25) is 0 Å². The molecule has 4 aromatic rings. The van der Waals surface area contributed by atoms with Crippen LogP contribution < -0.4 is 0 Å². The van der Waals surface area contributed by atoms with E-state index in [-0.39, 0.29) is 5.41 Å². The summed E-state index contributed by atoms with van der Waals surface area (Å²) in [4.78, 5) is 0. The lowest BCUT2D eigenvalue weighted by Gasteiger charge is -2.28. The van der Waals surface area contributed by atoms with Gasteiger partial charge in [0.25, 0.3) is 0 Å². The van der Waals surface area contributed by atoms with Crippen LogP contribution in [0.15, 0.2) is 91.0 Å². The number of allylic oxidation sites excluding steroid dienone is 2. The van der Waals surface area contributed by atoms with Gasteiger partial charge in [-0.05, 0) is 47.4 Å². The van der Waals surface area contributed by atoms with Gasteiger partial charge in [0.05, 0.1) is 5.69 Å². The maximum Gasteiger partial charge on any atom is 0.0562 e. The molecule has 3 aromatic carbocycles. The van der Waals surface area contributed by atoms with Gasteiger partial charge in [0.15, 0.2) is 0 Å². The molecule has 0 unspecified atom stereocenters. The fourth-order valence-electron chi connectivity index (χ4n) is 4.37. The fraction of sp³-hybridized carbons (Fsp3) is 0.172. The summed E-state index contributed by atoms with van der Waals surface area (Å²) in [6.07, 6.45) is 4.38. The van der Waals surface area contributed by atoms with Crippen LogP contribution in [0.5, 0.6) is 0 Å². The van der Waals surface area contributed by atoms with Crippen molar-refractivity contribution in [3.8, 4) is 11.3 Å².